The summed E-state index contributed by atoms with van der Waals surface area (Å²) in [7, 11) is 1.50. The van der Waals surface area contributed by atoms with Crippen LogP contribution in [0.5, 0.6) is 5.75 Å². The number of ether oxygens (including phenoxy) is 5. The molecule has 2 aromatic carbocycles. The van der Waals surface area contributed by atoms with Gasteiger partial charge in [0.25, 0.3) is 0 Å². The van der Waals surface area contributed by atoms with Gasteiger partial charge in [-0.25, -0.2) is 0 Å². The summed E-state index contributed by atoms with van der Waals surface area (Å²) in [6.07, 6.45) is 5.62. The third-order valence-electron chi connectivity index (χ3n) is 6.00. The molecular weight excluding hydrogens is 582 g/mol. The highest BCUT2D eigenvalue weighted by Gasteiger charge is 2.22. The van der Waals surface area contributed by atoms with Crippen LogP contribution >= 0.6 is 0 Å². The summed E-state index contributed by atoms with van der Waals surface area (Å²) in [6, 6.07) is 16.0. The molecule has 11 nitrogen and oxygen atoms in total. The number of carbonyl (C=O) groups excluding carboxylic acids is 3. The summed E-state index contributed by atoms with van der Waals surface area (Å²) in [4.78, 5) is 39.7. The van der Waals surface area contributed by atoms with Crippen molar-refractivity contribution in [1.29, 1.82) is 0 Å². The molecule has 0 amide bonds. The van der Waals surface area contributed by atoms with Crippen molar-refractivity contribution in [3.63, 3.8) is 0 Å². The number of aliphatic hydroxyl groups is 2. The molecule has 2 N–H and O–H groups in total. The van der Waals surface area contributed by atoms with Gasteiger partial charge in [-0.2, -0.15) is 0 Å². The molecule has 0 saturated heterocycles. The van der Waals surface area contributed by atoms with Crippen molar-refractivity contribution >= 4 is 29.2 Å². The Balaban J connectivity index is 2.03. The molecule has 0 aromatic heterocycles. The van der Waals surface area contributed by atoms with Crippen molar-refractivity contribution in [2.24, 2.45) is 0 Å². The van der Waals surface area contributed by atoms with E-state index in [2.05, 4.69) is 12.5 Å². The maximum absolute atomic E-state index is 12.7. The molecule has 0 aliphatic carbocycles. The standard InChI is InChI=1S/C34H39NO10/c1-5-20-42-22-18-35(28-9-7-6-8-10-28)19-23-43-31(39)15-16-32(40)45-33(26(3)37)34(27-11-13-30(41-4)14-12-27)44-21-17-29(38)24-25(2)36/h1,6-14,24,36,38H,2,15-23H2,3-4H3/b29-24+,34-33+. The van der Waals surface area contributed by atoms with Gasteiger partial charge in [-0.1, -0.05) is 30.7 Å². The lowest BCUT2D eigenvalue weighted by atomic mass is 10.1. The van der Waals surface area contributed by atoms with Crippen molar-refractivity contribution in [1.82, 2.24) is 0 Å². The number of anilines is 1. The first-order chi connectivity index (χ1) is 21.6. The van der Waals surface area contributed by atoms with Gasteiger partial charge in [0, 0.05) is 37.2 Å². The van der Waals surface area contributed by atoms with E-state index in [4.69, 9.17) is 30.1 Å². The third-order valence-corrected chi connectivity index (χ3v) is 6.00. The monoisotopic (exact) mass is 621 g/mol. The van der Waals surface area contributed by atoms with Crippen LogP contribution in [-0.2, 0) is 33.3 Å². The van der Waals surface area contributed by atoms with E-state index in [9.17, 15) is 24.6 Å². The second-order valence-electron chi connectivity index (χ2n) is 9.44. The normalized spacial score (nSPS) is 11.4. The van der Waals surface area contributed by atoms with Crippen LogP contribution in [0.3, 0.4) is 0 Å². The van der Waals surface area contributed by atoms with Gasteiger partial charge in [0.15, 0.2) is 11.5 Å². The van der Waals surface area contributed by atoms with Crippen molar-refractivity contribution in [2.45, 2.75) is 26.2 Å². The fourth-order valence-electron chi connectivity index (χ4n) is 3.85. The van der Waals surface area contributed by atoms with Gasteiger partial charge in [0.1, 0.15) is 24.7 Å². The van der Waals surface area contributed by atoms with Gasteiger partial charge < -0.3 is 38.8 Å². The van der Waals surface area contributed by atoms with Crippen molar-refractivity contribution in [3.8, 4) is 18.1 Å². The Labute approximate surface area is 263 Å². The second-order valence-corrected chi connectivity index (χ2v) is 9.44. The lowest BCUT2D eigenvalue weighted by molar-refractivity contribution is -0.149. The van der Waals surface area contributed by atoms with Crippen LogP contribution in [0, 0.1) is 12.3 Å². The maximum atomic E-state index is 12.7. The molecule has 0 spiro atoms. The van der Waals surface area contributed by atoms with Gasteiger partial charge in [-0.05, 0) is 36.4 Å². The Hall–Kier alpha value is -5.21. The maximum Gasteiger partial charge on any atom is 0.312 e. The fraction of sp³-hybridized carbons (Fsp3) is 0.324. The first-order valence-corrected chi connectivity index (χ1v) is 14.1. The van der Waals surface area contributed by atoms with Gasteiger partial charge in [0.2, 0.25) is 5.76 Å². The SMILES string of the molecule is C#CCOCCN(CCOC(=O)CCC(=O)O/C(C(C)=O)=C(/OCC/C(O)=C\C(=C)O)c1ccc(OC)cc1)c1ccccc1. The van der Waals surface area contributed by atoms with Crippen LogP contribution in [0.2, 0.25) is 0 Å². The number of carbonyl (C=O) groups is 3. The van der Waals surface area contributed by atoms with Gasteiger partial charge in [-0.15, -0.1) is 6.42 Å². The first kappa shape index (κ1) is 36.0. The molecule has 0 unspecified atom stereocenters. The number of benzene rings is 2. The van der Waals surface area contributed by atoms with Crippen LogP contribution in [0.4, 0.5) is 5.69 Å². The number of aliphatic hydroxyl groups excluding tert-OH is 2. The van der Waals surface area contributed by atoms with E-state index in [-0.39, 0.29) is 62.1 Å². The Kier molecular flexibility index (Phi) is 15.9. The topological polar surface area (TPSA) is 141 Å². The summed E-state index contributed by atoms with van der Waals surface area (Å²) in [5, 5.41) is 19.1. The van der Waals surface area contributed by atoms with Crippen LogP contribution in [0.15, 0.2) is 84.5 Å². The van der Waals surface area contributed by atoms with E-state index in [0.29, 0.717) is 31.0 Å². The van der Waals surface area contributed by atoms with Gasteiger partial charge >= 0.3 is 11.9 Å². The summed E-state index contributed by atoms with van der Waals surface area (Å²) >= 11 is 0. The number of hydrogen-bond acceptors (Lipinski definition) is 11. The Morgan fingerprint density at radius 2 is 1.58 bits per heavy atom. The number of nitrogens with zero attached hydrogens (tertiary/aromatic N) is 1. The molecule has 0 radical (unpaired) electrons. The highest BCUT2D eigenvalue weighted by atomic mass is 16.6. The highest BCUT2D eigenvalue weighted by Crippen LogP contribution is 2.25. The van der Waals surface area contributed by atoms with Crippen molar-refractivity contribution in [3.05, 3.63) is 90.1 Å². The van der Waals surface area contributed by atoms with E-state index in [1.54, 1.807) is 24.3 Å². The number of terminal acetylenes is 1. The predicted molar refractivity (Wildman–Crippen MR) is 168 cm³/mol. The number of ketones is 1. The molecule has 240 valence electrons. The van der Waals surface area contributed by atoms with E-state index < -0.39 is 17.7 Å². The number of allylic oxidation sites excluding steroid dienone is 2. The number of methoxy groups -OCH3 is 1. The molecular formula is C34H39NO10. The zero-order valence-corrected chi connectivity index (χ0v) is 25.5. The zero-order chi connectivity index (χ0) is 33.0. The lowest BCUT2D eigenvalue weighted by Crippen LogP contribution is -2.31. The quantitative estimate of drug-likeness (QED) is 0.0521. The third kappa shape index (κ3) is 13.8. The largest absolute Gasteiger partial charge is 0.512 e. The summed E-state index contributed by atoms with van der Waals surface area (Å²) in [5.74, 6) is -0.0770. The number of para-hydroxylation sites is 1. The summed E-state index contributed by atoms with van der Waals surface area (Å²) in [6.45, 7) is 5.92. The van der Waals surface area contributed by atoms with Crippen LogP contribution in [-0.4, -0.2) is 74.6 Å². The van der Waals surface area contributed by atoms with Crippen molar-refractivity contribution < 1.29 is 48.3 Å². The molecule has 2 rings (SSSR count). The predicted octanol–water partition coefficient (Wildman–Crippen LogP) is 4.90. The molecule has 0 fully saturated rings. The number of rotatable bonds is 20. The average Bonchev–Trinajstić information content (AvgIpc) is 3.02. The van der Waals surface area contributed by atoms with Crippen LogP contribution < -0.4 is 9.64 Å². The molecule has 11 heteroatoms. The molecule has 0 saturated carbocycles. The number of Topliss-reactive ketones (excluding diaryl/α,β-unsaturated/α-hetero) is 1. The Morgan fingerprint density at radius 1 is 0.911 bits per heavy atom. The molecule has 2 aromatic rings. The van der Waals surface area contributed by atoms with E-state index >= 15 is 0 Å². The molecule has 0 bridgehead atoms. The van der Waals surface area contributed by atoms with Gasteiger partial charge in [0.05, 0.1) is 45.5 Å². The molecule has 45 heavy (non-hydrogen) atoms. The minimum Gasteiger partial charge on any atom is -0.512 e. The highest BCUT2D eigenvalue weighted by molar-refractivity contribution is 6.00. The average molecular weight is 622 g/mol. The lowest BCUT2D eigenvalue weighted by Gasteiger charge is -2.24. The van der Waals surface area contributed by atoms with Gasteiger partial charge in [-0.3, -0.25) is 14.4 Å². The number of esters is 2. The Bertz CT molecular complexity index is 1370. The zero-order valence-electron chi connectivity index (χ0n) is 25.5. The molecule has 0 aliphatic heterocycles. The van der Waals surface area contributed by atoms with E-state index in [1.165, 1.54) is 14.0 Å². The van der Waals surface area contributed by atoms with E-state index in [1.807, 2.05) is 35.2 Å². The van der Waals surface area contributed by atoms with E-state index in [0.717, 1.165) is 11.8 Å². The second kappa shape index (κ2) is 19.9. The fourth-order valence-corrected chi connectivity index (χ4v) is 3.85. The smallest absolute Gasteiger partial charge is 0.312 e. The summed E-state index contributed by atoms with van der Waals surface area (Å²) < 4.78 is 27.0. The number of hydrogen-bond donors (Lipinski definition) is 2. The minimum atomic E-state index is -0.845. The minimum absolute atomic E-state index is 0.0379. The molecule has 0 aliphatic rings. The van der Waals surface area contributed by atoms with Crippen molar-refractivity contribution in [2.75, 3.05) is 51.5 Å². The summed E-state index contributed by atoms with van der Waals surface area (Å²) in [5.41, 5.74) is 1.32. The van der Waals surface area contributed by atoms with Crippen LogP contribution in [0.25, 0.3) is 5.76 Å². The first-order valence-electron chi connectivity index (χ1n) is 14.1. The Morgan fingerprint density at radius 3 is 2.20 bits per heavy atom. The molecule has 0 atom stereocenters. The molecule has 0 heterocycles. The van der Waals surface area contributed by atoms with Crippen LogP contribution in [0.1, 0.15) is 31.7 Å².